The highest BCUT2D eigenvalue weighted by atomic mass is 35.5. The topological polar surface area (TPSA) is 32.3 Å². The van der Waals surface area contributed by atoms with Crippen LogP contribution in [0.15, 0.2) is 24.8 Å². The zero-order chi connectivity index (χ0) is 14.4. The van der Waals surface area contributed by atoms with Gasteiger partial charge < -0.3 is 10.2 Å². The van der Waals surface area contributed by atoms with Gasteiger partial charge in [0.05, 0.1) is 16.9 Å². The second kappa shape index (κ2) is 7.81. The first-order valence-corrected chi connectivity index (χ1v) is 8.27. The van der Waals surface area contributed by atoms with Gasteiger partial charge in [0, 0.05) is 11.4 Å². The Hall–Kier alpha value is -0.840. The number of carbonyl (C=O) groups excluding carboxylic acids is 1. The van der Waals surface area contributed by atoms with Gasteiger partial charge in [0.25, 0.3) is 0 Å². The first-order valence-electron chi connectivity index (χ1n) is 7.08. The van der Waals surface area contributed by atoms with E-state index in [9.17, 15) is 4.79 Å². The molecule has 1 atom stereocenters. The van der Waals surface area contributed by atoms with E-state index in [2.05, 4.69) is 11.9 Å². The lowest BCUT2D eigenvalue weighted by molar-refractivity contribution is -0.133. The standard InChI is InChI=1S/C15H21ClN2OS/c1-2-10-18(11-12-7-8-14(16)20-12)15(19)13-6-4-3-5-9-17-13/h2,7-8,13,17H,1,3-6,9-11H2. The normalized spacial score (nSPS) is 19.4. The van der Waals surface area contributed by atoms with Gasteiger partial charge in [-0.2, -0.15) is 0 Å². The number of hydrogen-bond acceptors (Lipinski definition) is 3. The third-order valence-corrected chi connectivity index (χ3v) is 4.71. The molecule has 1 saturated heterocycles. The molecule has 110 valence electrons. The number of carbonyl (C=O) groups is 1. The van der Waals surface area contributed by atoms with Crippen molar-refractivity contribution in [3.05, 3.63) is 34.0 Å². The zero-order valence-electron chi connectivity index (χ0n) is 11.6. The number of hydrogen-bond donors (Lipinski definition) is 1. The first kappa shape index (κ1) is 15.5. The number of nitrogens with zero attached hydrogens (tertiary/aromatic N) is 1. The highest BCUT2D eigenvalue weighted by Crippen LogP contribution is 2.23. The van der Waals surface area contributed by atoms with Gasteiger partial charge >= 0.3 is 0 Å². The Morgan fingerprint density at radius 2 is 2.35 bits per heavy atom. The molecular weight excluding hydrogens is 292 g/mol. The molecule has 1 aromatic rings. The lowest BCUT2D eigenvalue weighted by Gasteiger charge is -2.26. The van der Waals surface area contributed by atoms with Crippen LogP contribution in [0.25, 0.3) is 0 Å². The lowest BCUT2D eigenvalue weighted by atomic mass is 10.1. The van der Waals surface area contributed by atoms with E-state index in [1.165, 1.54) is 17.8 Å². The summed E-state index contributed by atoms with van der Waals surface area (Å²) in [6.45, 7) is 5.88. The maximum atomic E-state index is 12.6. The summed E-state index contributed by atoms with van der Waals surface area (Å²) < 4.78 is 0.763. The Kier molecular flexibility index (Phi) is 6.07. The molecule has 1 amide bonds. The molecule has 0 radical (unpaired) electrons. The maximum absolute atomic E-state index is 12.6. The minimum absolute atomic E-state index is 0.0483. The summed E-state index contributed by atoms with van der Waals surface area (Å²) in [5, 5.41) is 3.36. The predicted molar refractivity (Wildman–Crippen MR) is 85.2 cm³/mol. The molecule has 3 nitrogen and oxygen atoms in total. The van der Waals surface area contributed by atoms with Crippen LogP contribution < -0.4 is 5.32 Å². The van der Waals surface area contributed by atoms with Crippen molar-refractivity contribution in [2.45, 2.75) is 38.3 Å². The van der Waals surface area contributed by atoms with E-state index in [0.717, 1.165) is 35.0 Å². The van der Waals surface area contributed by atoms with Crippen LogP contribution in [0.5, 0.6) is 0 Å². The molecule has 1 aliphatic rings. The van der Waals surface area contributed by atoms with Crippen molar-refractivity contribution in [3.63, 3.8) is 0 Å². The van der Waals surface area contributed by atoms with E-state index in [4.69, 9.17) is 11.6 Å². The fraction of sp³-hybridized carbons (Fsp3) is 0.533. The summed E-state index contributed by atoms with van der Waals surface area (Å²) in [6, 6.07) is 3.81. The van der Waals surface area contributed by atoms with Crippen LogP contribution in [-0.2, 0) is 11.3 Å². The van der Waals surface area contributed by atoms with Gasteiger partial charge in [0.15, 0.2) is 0 Å². The molecule has 5 heteroatoms. The number of rotatable bonds is 5. The molecule has 20 heavy (non-hydrogen) atoms. The van der Waals surface area contributed by atoms with Crippen LogP contribution >= 0.6 is 22.9 Å². The molecule has 2 heterocycles. The smallest absolute Gasteiger partial charge is 0.240 e. The minimum Gasteiger partial charge on any atom is -0.332 e. The number of nitrogens with one attached hydrogen (secondary N) is 1. The molecule has 1 fully saturated rings. The molecule has 0 saturated carbocycles. The number of amides is 1. The summed E-state index contributed by atoms with van der Waals surface area (Å²) in [5.41, 5.74) is 0. The quantitative estimate of drug-likeness (QED) is 0.845. The predicted octanol–water partition coefficient (Wildman–Crippen LogP) is 3.45. The Balaban J connectivity index is 2.02. The van der Waals surface area contributed by atoms with Gasteiger partial charge in [-0.3, -0.25) is 4.79 Å². The number of halogens is 1. The highest BCUT2D eigenvalue weighted by molar-refractivity contribution is 7.16. The molecule has 1 unspecified atom stereocenters. The van der Waals surface area contributed by atoms with Gasteiger partial charge in [0.2, 0.25) is 5.91 Å². The van der Waals surface area contributed by atoms with E-state index in [1.807, 2.05) is 17.0 Å². The molecular formula is C15H21ClN2OS. The van der Waals surface area contributed by atoms with Gasteiger partial charge in [-0.25, -0.2) is 0 Å². The summed E-state index contributed by atoms with van der Waals surface area (Å²) in [6.07, 6.45) is 6.20. The van der Waals surface area contributed by atoms with E-state index >= 15 is 0 Å². The SMILES string of the molecule is C=CCN(Cc1ccc(Cl)s1)C(=O)C1CCCCCN1. The van der Waals surface area contributed by atoms with Crippen LogP contribution in [0, 0.1) is 0 Å². The van der Waals surface area contributed by atoms with Gasteiger partial charge in [-0.1, -0.05) is 30.5 Å². The first-order chi connectivity index (χ1) is 9.70. The van der Waals surface area contributed by atoms with Crippen molar-refractivity contribution in [3.8, 4) is 0 Å². The minimum atomic E-state index is -0.0483. The highest BCUT2D eigenvalue weighted by Gasteiger charge is 2.24. The van der Waals surface area contributed by atoms with Crippen molar-refractivity contribution in [1.82, 2.24) is 10.2 Å². The molecule has 1 N–H and O–H groups in total. The maximum Gasteiger partial charge on any atom is 0.240 e. The van der Waals surface area contributed by atoms with Crippen LogP contribution in [0.1, 0.15) is 30.6 Å². The second-order valence-corrected chi connectivity index (χ2v) is 6.87. The van der Waals surface area contributed by atoms with Gasteiger partial charge in [0.1, 0.15) is 0 Å². The molecule has 0 spiro atoms. The monoisotopic (exact) mass is 312 g/mol. The molecule has 1 aliphatic heterocycles. The van der Waals surface area contributed by atoms with Crippen LogP contribution in [0.4, 0.5) is 0 Å². The Morgan fingerprint density at radius 3 is 3.05 bits per heavy atom. The largest absolute Gasteiger partial charge is 0.332 e. The Labute approximate surface area is 129 Å². The molecule has 0 bridgehead atoms. The third-order valence-electron chi connectivity index (χ3n) is 3.50. The van der Waals surface area contributed by atoms with E-state index < -0.39 is 0 Å². The Bertz CT molecular complexity index is 452. The van der Waals surface area contributed by atoms with Crippen molar-refractivity contribution >= 4 is 28.8 Å². The van der Waals surface area contributed by atoms with E-state index in [-0.39, 0.29) is 11.9 Å². The summed E-state index contributed by atoms with van der Waals surface area (Å²) in [4.78, 5) is 15.6. The average molecular weight is 313 g/mol. The molecule has 1 aromatic heterocycles. The Morgan fingerprint density at radius 1 is 1.50 bits per heavy atom. The van der Waals surface area contributed by atoms with E-state index in [0.29, 0.717) is 13.1 Å². The van der Waals surface area contributed by atoms with Crippen LogP contribution in [-0.4, -0.2) is 29.9 Å². The summed E-state index contributed by atoms with van der Waals surface area (Å²) in [5.74, 6) is 0.177. The zero-order valence-corrected chi connectivity index (χ0v) is 13.2. The summed E-state index contributed by atoms with van der Waals surface area (Å²) in [7, 11) is 0. The average Bonchev–Trinajstić information content (AvgIpc) is 2.69. The fourth-order valence-corrected chi connectivity index (χ4v) is 3.58. The van der Waals surface area contributed by atoms with Crippen molar-refractivity contribution < 1.29 is 4.79 Å². The summed E-state index contributed by atoms with van der Waals surface area (Å²) >= 11 is 7.48. The van der Waals surface area contributed by atoms with Gasteiger partial charge in [-0.05, 0) is 31.5 Å². The van der Waals surface area contributed by atoms with Crippen LogP contribution in [0.2, 0.25) is 4.34 Å². The van der Waals surface area contributed by atoms with Crippen LogP contribution in [0.3, 0.4) is 0 Å². The molecule has 0 aromatic carbocycles. The van der Waals surface area contributed by atoms with Crippen molar-refractivity contribution in [2.75, 3.05) is 13.1 Å². The molecule has 2 rings (SSSR count). The molecule has 0 aliphatic carbocycles. The third kappa shape index (κ3) is 4.33. The van der Waals surface area contributed by atoms with Crippen molar-refractivity contribution in [2.24, 2.45) is 0 Å². The van der Waals surface area contributed by atoms with Gasteiger partial charge in [-0.15, -0.1) is 17.9 Å². The second-order valence-electron chi connectivity index (χ2n) is 5.07. The van der Waals surface area contributed by atoms with Crippen molar-refractivity contribution in [1.29, 1.82) is 0 Å². The van der Waals surface area contributed by atoms with E-state index in [1.54, 1.807) is 6.08 Å². The fourth-order valence-electron chi connectivity index (χ4n) is 2.47. The lowest BCUT2D eigenvalue weighted by Crippen LogP contribution is -2.45. The number of thiophene rings is 1.